The largest absolute Gasteiger partial charge is 0.569 e. The lowest BCUT2D eigenvalue weighted by atomic mass is 10.1. The van der Waals surface area contributed by atoms with E-state index in [0.717, 1.165) is 25.9 Å². The Kier molecular flexibility index (Phi) is 4.74. The quantitative estimate of drug-likeness (QED) is 0.486. The second kappa shape index (κ2) is 6.36. The van der Waals surface area contributed by atoms with Gasteiger partial charge in [-0.15, -0.1) is 5.01 Å². The summed E-state index contributed by atoms with van der Waals surface area (Å²) in [7, 11) is 0. The Morgan fingerprint density at radius 1 is 1.33 bits per heavy atom. The van der Waals surface area contributed by atoms with Crippen molar-refractivity contribution in [3.8, 4) is 0 Å². The Balaban J connectivity index is 1.77. The molecule has 1 N–H and O–H groups in total. The molecule has 2 amide bonds. The first-order chi connectivity index (χ1) is 9.85. The minimum absolute atomic E-state index is 0.105. The van der Waals surface area contributed by atoms with Crippen LogP contribution in [0.5, 0.6) is 0 Å². The van der Waals surface area contributed by atoms with Gasteiger partial charge in [-0.2, -0.15) is 0 Å². The minimum Gasteiger partial charge on any atom is -0.569 e. The fourth-order valence-electron chi connectivity index (χ4n) is 2.43. The molecule has 0 aromatic rings. The molecule has 0 aromatic heterocycles. The normalized spacial score (nSPS) is 23.6. The van der Waals surface area contributed by atoms with Crippen molar-refractivity contribution in [2.24, 2.45) is 5.28 Å². The van der Waals surface area contributed by atoms with Crippen LogP contribution in [0.3, 0.4) is 0 Å². The summed E-state index contributed by atoms with van der Waals surface area (Å²) < 4.78 is 0. The maximum absolute atomic E-state index is 12.0. The summed E-state index contributed by atoms with van der Waals surface area (Å²) in [6.45, 7) is 8.34. The van der Waals surface area contributed by atoms with Gasteiger partial charge in [0.15, 0.2) is 6.10 Å². The lowest BCUT2D eigenvalue weighted by molar-refractivity contribution is -0.708. The Morgan fingerprint density at radius 2 is 2.00 bits per heavy atom. The molecule has 8 heteroatoms. The number of likely N-dealkylation sites (tertiary alicyclic amines) is 1. The number of carbonyl (C=O) groups is 1. The van der Waals surface area contributed by atoms with Gasteiger partial charge in [-0.05, 0) is 33.6 Å². The molecule has 0 unspecified atom stereocenters. The third kappa shape index (κ3) is 4.64. The van der Waals surface area contributed by atoms with Crippen LogP contribution in [0.4, 0.5) is 4.79 Å². The Hall–Kier alpha value is -1.73. The smallest absolute Gasteiger partial charge is 0.317 e. The van der Waals surface area contributed by atoms with Crippen LogP contribution in [0.15, 0.2) is 5.28 Å². The zero-order valence-electron chi connectivity index (χ0n) is 13.0. The van der Waals surface area contributed by atoms with Crippen LogP contribution in [0.25, 0.3) is 0 Å². The fourth-order valence-corrected chi connectivity index (χ4v) is 2.43. The molecule has 0 bridgehead atoms. The monoisotopic (exact) mass is 299 g/mol. The van der Waals surface area contributed by atoms with E-state index in [2.05, 4.69) is 10.6 Å². The highest BCUT2D eigenvalue weighted by Gasteiger charge is 2.30. The zero-order valence-corrected chi connectivity index (χ0v) is 13.0. The number of hydrazine groups is 1. The summed E-state index contributed by atoms with van der Waals surface area (Å²) in [5, 5.41) is 19.8. The molecule has 0 radical (unpaired) electrons. The van der Waals surface area contributed by atoms with Crippen LogP contribution in [0.2, 0.25) is 0 Å². The van der Waals surface area contributed by atoms with Crippen LogP contribution in [0, 0.1) is 5.21 Å². The average Bonchev–Trinajstić information content (AvgIpc) is 3.05. The maximum Gasteiger partial charge on any atom is 0.317 e. The van der Waals surface area contributed by atoms with E-state index in [1.165, 1.54) is 0 Å². The van der Waals surface area contributed by atoms with E-state index in [1.807, 2.05) is 20.8 Å². The summed E-state index contributed by atoms with van der Waals surface area (Å²) in [4.78, 5) is 19.5. The molecular weight excluding hydrogens is 274 g/mol. The second-order valence-corrected chi connectivity index (χ2v) is 6.64. The van der Waals surface area contributed by atoms with Crippen LogP contribution >= 0.6 is 0 Å². The Bertz CT molecular complexity index is 401. The van der Waals surface area contributed by atoms with Crippen molar-refractivity contribution < 1.29 is 14.6 Å². The van der Waals surface area contributed by atoms with Gasteiger partial charge in [-0.25, -0.2) is 4.79 Å². The van der Waals surface area contributed by atoms with E-state index in [0.29, 0.717) is 24.5 Å². The summed E-state index contributed by atoms with van der Waals surface area (Å²) in [6.07, 6.45) is 2.50. The third-order valence-corrected chi connectivity index (χ3v) is 3.50. The van der Waals surface area contributed by atoms with Gasteiger partial charge in [0.1, 0.15) is 0 Å². The van der Waals surface area contributed by atoms with Crippen molar-refractivity contribution in [1.29, 1.82) is 0 Å². The predicted octanol–water partition coefficient (Wildman–Crippen LogP) is 1.47. The van der Waals surface area contributed by atoms with Crippen molar-refractivity contribution >= 4 is 6.03 Å². The number of hydrogen-bond acceptors (Lipinski definition) is 4. The minimum atomic E-state index is -0.262. The van der Waals surface area contributed by atoms with Crippen LogP contribution < -0.4 is 5.32 Å². The van der Waals surface area contributed by atoms with Crippen LogP contribution in [-0.2, 0) is 4.84 Å². The Morgan fingerprint density at radius 3 is 2.62 bits per heavy atom. The molecule has 2 aliphatic heterocycles. The number of nitrogens with one attached hydrogen (secondary N) is 1. The Labute approximate surface area is 125 Å². The van der Waals surface area contributed by atoms with E-state index in [-0.39, 0.29) is 17.7 Å². The highest BCUT2D eigenvalue weighted by Crippen LogP contribution is 2.15. The van der Waals surface area contributed by atoms with E-state index in [9.17, 15) is 10.0 Å². The highest BCUT2D eigenvalue weighted by atomic mass is 16.7. The van der Waals surface area contributed by atoms with E-state index < -0.39 is 0 Å². The first-order valence-electron chi connectivity index (χ1n) is 7.51. The first kappa shape index (κ1) is 15.7. The van der Waals surface area contributed by atoms with Crippen molar-refractivity contribution in [3.63, 3.8) is 0 Å². The number of amides is 2. The van der Waals surface area contributed by atoms with Crippen molar-refractivity contribution in [2.45, 2.75) is 51.7 Å². The molecule has 2 saturated heterocycles. The van der Waals surface area contributed by atoms with E-state index >= 15 is 0 Å². The fraction of sp³-hybridized carbons (Fsp3) is 0.923. The molecular formula is C13H25N5O3. The molecule has 120 valence electrons. The standard InChI is InChI=1S/C13H25N5O3/c1-13(2,3)14-12(19)16-9-6-11(10-16)21-15-18(20)17-7-4-5-8-17/h11H,4-10H2,1-3H3,(H,14,19)/b18-15-/t11-/m1/s1. The van der Waals surface area contributed by atoms with Crippen molar-refractivity contribution in [3.05, 3.63) is 5.21 Å². The van der Waals surface area contributed by atoms with Gasteiger partial charge in [0, 0.05) is 18.5 Å². The molecule has 2 fully saturated rings. The van der Waals surface area contributed by atoms with E-state index in [4.69, 9.17) is 4.84 Å². The van der Waals surface area contributed by atoms with Gasteiger partial charge < -0.3 is 20.3 Å². The zero-order chi connectivity index (χ0) is 15.5. The molecule has 0 aliphatic carbocycles. The number of rotatable bonds is 3. The second-order valence-electron chi connectivity index (χ2n) is 6.64. The van der Waals surface area contributed by atoms with Crippen LogP contribution in [0.1, 0.15) is 40.0 Å². The predicted molar refractivity (Wildman–Crippen MR) is 76.2 cm³/mol. The van der Waals surface area contributed by atoms with Gasteiger partial charge in [-0.1, -0.05) is 0 Å². The number of urea groups is 1. The summed E-state index contributed by atoms with van der Waals surface area (Å²) in [6, 6.07) is -0.105. The van der Waals surface area contributed by atoms with Gasteiger partial charge in [-0.3, -0.25) is 0 Å². The molecule has 1 atom stereocenters. The third-order valence-electron chi connectivity index (χ3n) is 3.50. The van der Waals surface area contributed by atoms with Gasteiger partial charge in [0.05, 0.1) is 24.6 Å². The summed E-state index contributed by atoms with van der Waals surface area (Å²) in [5.41, 5.74) is -0.262. The van der Waals surface area contributed by atoms with Crippen molar-refractivity contribution in [2.75, 3.05) is 26.2 Å². The molecule has 0 aromatic carbocycles. The molecule has 21 heavy (non-hydrogen) atoms. The SMILES string of the molecule is CC(C)(C)NC(=O)N1CC[C@@H](O/N=[N+](\[O-])N2CCCC2)C1. The highest BCUT2D eigenvalue weighted by molar-refractivity contribution is 5.75. The van der Waals surface area contributed by atoms with Gasteiger partial charge in [0.25, 0.3) is 0 Å². The lowest BCUT2D eigenvalue weighted by Crippen LogP contribution is -2.47. The molecule has 2 heterocycles. The van der Waals surface area contributed by atoms with Crippen LogP contribution in [-0.4, -0.2) is 58.7 Å². The number of hydrogen-bond donors (Lipinski definition) is 1. The lowest BCUT2D eigenvalue weighted by Gasteiger charge is -2.25. The molecule has 0 spiro atoms. The maximum atomic E-state index is 12.0. The molecule has 8 nitrogen and oxygen atoms in total. The van der Waals surface area contributed by atoms with E-state index in [1.54, 1.807) is 9.91 Å². The van der Waals surface area contributed by atoms with Gasteiger partial charge in [0.2, 0.25) is 5.28 Å². The van der Waals surface area contributed by atoms with Crippen molar-refractivity contribution in [1.82, 2.24) is 15.2 Å². The van der Waals surface area contributed by atoms with Gasteiger partial charge >= 0.3 is 6.03 Å². The molecule has 2 aliphatic rings. The first-order valence-corrected chi connectivity index (χ1v) is 7.51. The average molecular weight is 299 g/mol. The number of carbonyl (C=O) groups excluding carboxylic acids is 1. The molecule has 2 rings (SSSR count). The topological polar surface area (TPSA) is 83.2 Å². The molecule has 0 saturated carbocycles. The summed E-state index contributed by atoms with van der Waals surface area (Å²) in [5.74, 6) is 0. The number of nitrogens with zero attached hydrogens (tertiary/aromatic N) is 4. The summed E-state index contributed by atoms with van der Waals surface area (Å²) >= 11 is 0.